The lowest BCUT2D eigenvalue weighted by molar-refractivity contribution is -0.377. The summed E-state index contributed by atoms with van der Waals surface area (Å²) in [5.41, 5.74) is 8.82. The summed E-state index contributed by atoms with van der Waals surface area (Å²) >= 11 is 0. The van der Waals surface area contributed by atoms with E-state index in [0.717, 1.165) is 17.0 Å². The molecular formula is C18H26N5+. The van der Waals surface area contributed by atoms with Gasteiger partial charge in [0.25, 0.3) is 0 Å². The Bertz CT molecular complexity index is 604. The van der Waals surface area contributed by atoms with Gasteiger partial charge in [-0.05, 0) is 12.8 Å². The van der Waals surface area contributed by atoms with E-state index in [2.05, 4.69) is 20.2 Å². The van der Waals surface area contributed by atoms with E-state index in [4.69, 9.17) is 5.73 Å². The zero-order valence-electron chi connectivity index (χ0n) is 13.7. The Morgan fingerprint density at radius 2 is 1.48 bits per heavy atom. The first-order valence-electron chi connectivity index (χ1n) is 8.81. The molecule has 1 aliphatic carbocycles. The van der Waals surface area contributed by atoms with Crippen molar-refractivity contribution in [3.8, 4) is 11.3 Å². The van der Waals surface area contributed by atoms with Gasteiger partial charge in [0, 0.05) is 23.6 Å². The van der Waals surface area contributed by atoms with Crippen LogP contribution >= 0.6 is 0 Å². The first-order chi connectivity index (χ1) is 11.3. The third-order valence-electron chi connectivity index (χ3n) is 4.71. The molecule has 0 bridgehead atoms. The third kappa shape index (κ3) is 4.24. The van der Waals surface area contributed by atoms with E-state index < -0.39 is 0 Å². The Balaban J connectivity index is 1.91. The van der Waals surface area contributed by atoms with Crippen LogP contribution in [0.15, 0.2) is 24.5 Å². The normalized spacial score (nSPS) is 17.7. The van der Waals surface area contributed by atoms with Gasteiger partial charge in [-0.2, -0.15) is 0 Å². The predicted octanol–water partition coefficient (Wildman–Crippen LogP) is 3.54. The molecule has 0 radical (unpaired) electrons. The molecule has 1 saturated carbocycles. The number of nitrogens with one attached hydrogen (secondary N) is 1. The highest BCUT2D eigenvalue weighted by molar-refractivity contribution is 5.61. The number of H-pyrrole nitrogens is 1. The average molecular weight is 312 g/mol. The van der Waals surface area contributed by atoms with E-state index in [9.17, 15) is 0 Å². The second-order valence-electron chi connectivity index (χ2n) is 6.44. The molecule has 1 fully saturated rings. The van der Waals surface area contributed by atoms with Crippen LogP contribution in [0.3, 0.4) is 0 Å². The summed E-state index contributed by atoms with van der Waals surface area (Å²) in [4.78, 5) is 7.65. The van der Waals surface area contributed by atoms with Crippen LogP contribution in [0.1, 0.15) is 69.4 Å². The Morgan fingerprint density at radius 3 is 2.13 bits per heavy atom. The Hall–Kier alpha value is -2.04. The molecule has 0 atom stereocenters. The SMILES string of the molecule is Nc1nnc(-c2cc[nH+]cc2)c(C2CCCCCCCCC2)n1. The lowest BCUT2D eigenvalue weighted by Crippen LogP contribution is -2.11. The maximum Gasteiger partial charge on any atom is 0.240 e. The van der Waals surface area contributed by atoms with Crippen LogP contribution in [0.5, 0.6) is 0 Å². The van der Waals surface area contributed by atoms with Crippen molar-refractivity contribution in [2.75, 3.05) is 5.73 Å². The van der Waals surface area contributed by atoms with Gasteiger partial charge in [-0.1, -0.05) is 44.9 Å². The van der Waals surface area contributed by atoms with Gasteiger partial charge in [-0.15, -0.1) is 10.2 Å². The lowest BCUT2D eigenvalue weighted by atomic mass is 9.88. The molecule has 0 saturated heterocycles. The monoisotopic (exact) mass is 312 g/mol. The molecule has 5 nitrogen and oxygen atoms in total. The van der Waals surface area contributed by atoms with Crippen molar-refractivity contribution in [2.24, 2.45) is 0 Å². The van der Waals surface area contributed by atoms with Crippen molar-refractivity contribution in [3.63, 3.8) is 0 Å². The number of nitrogens with two attached hydrogens (primary N) is 1. The number of anilines is 1. The minimum Gasteiger partial charge on any atom is -0.366 e. The quantitative estimate of drug-likeness (QED) is 0.919. The van der Waals surface area contributed by atoms with Crippen LogP contribution in [-0.2, 0) is 0 Å². The molecule has 0 aliphatic heterocycles. The highest BCUT2D eigenvalue weighted by Gasteiger charge is 2.21. The summed E-state index contributed by atoms with van der Waals surface area (Å²) in [5, 5.41) is 8.36. The molecule has 5 heteroatoms. The van der Waals surface area contributed by atoms with Crippen LogP contribution in [0.25, 0.3) is 11.3 Å². The molecule has 3 rings (SSSR count). The van der Waals surface area contributed by atoms with Gasteiger partial charge < -0.3 is 5.73 Å². The summed E-state index contributed by atoms with van der Waals surface area (Å²) in [6.45, 7) is 0. The van der Waals surface area contributed by atoms with Crippen molar-refractivity contribution in [1.82, 2.24) is 15.2 Å². The zero-order chi connectivity index (χ0) is 15.9. The zero-order valence-corrected chi connectivity index (χ0v) is 13.7. The largest absolute Gasteiger partial charge is 0.366 e. The van der Waals surface area contributed by atoms with Gasteiger partial charge in [-0.25, -0.2) is 9.97 Å². The van der Waals surface area contributed by atoms with Crippen molar-refractivity contribution in [3.05, 3.63) is 30.2 Å². The molecule has 0 aromatic carbocycles. The minimum atomic E-state index is 0.281. The Kier molecular flexibility index (Phi) is 5.51. The molecule has 1 aliphatic rings. The fourth-order valence-electron chi connectivity index (χ4n) is 3.47. The molecule has 3 N–H and O–H groups in total. The van der Waals surface area contributed by atoms with Gasteiger partial charge in [0.05, 0.1) is 5.69 Å². The number of rotatable bonds is 2. The number of nitrogen functional groups attached to an aromatic ring is 1. The highest BCUT2D eigenvalue weighted by atomic mass is 15.2. The fraction of sp³-hybridized carbons (Fsp3) is 0.556. The number of nitrogens with zero attached hydrogens (tertiary/aromatic N) is 3. The maximum atomic E-state index is 5.85. The summed E-state index contributed by atoms with van der Waals surface area (Å²) < 4.78 is 0. The van der Waals surface area contributed by atoms with E-state index in [1.807, 2.05) is 24.5 Å². The molecule has 0 unspecified atom stereocenters. The van der Waals surface area contributed by atoms with Crippen LogP contribution in [0.2, 0.25) is 0 Å². The topological polar surface area (TPSA) is 78.8 Å². The summed E-state index contributed by atoms with van der Waals surface area (Å²) in [5.74, 6) is 0.716. The molecular weight excluding hydrogens is 286 g/mol. The Morgan fingerprint density at radius 1 is 0.870 bits per heavy atom. The molecule has 0 amide bonds. The molecule has 122 valence electrons. The second-order valence-corrected chi connectivity index (χ2v) is 6.44. The van der Waals surface area contributed by atoms with Crippen molar-refractivity contribution in [2.45, 2.75) is 63.7 Å². The van der Waals surface area contributed by atoms with Gasteiger partial charge in [-0.3, -0.25) is 0 Å². The minimum absolute atomic E-state index is 0.281. The summed E-state index contributed by atoms with van der Waals surface area (Å²) in [6.07, 6.45) is 15.4. The third-order valence-corrected chi connectivity index (χ3v) is 4.71. The number of hydrogen-bond donors (Lipinski definition) is 1. The predicted molar refractivity (Wildman–Crippen MR) is 90.5 cm³/mol. The van der Waals surface area contributed by atoms with Gasteiger partial charge in [0.15, 0.2) is 12.4 Å². The molecule has 23 heavy (non-hydrogen) atoms. The van der Waals surface area contributed by atoms with Gasteiger partial charge >= 0.3 is 0 Å². The first kappa shape index (κ1) is 15.8. The lowest BCUT2D eigenvalue weighted by Gasteiger charge is -2.20. The Labute approximate surface area is 137 Å². The van der Waals surface area contributed by atoms with Crippen LogP contribution in [0.4, 0.5) is 5.95 Å². The van der Waals surface area contributed by atoms with E-state index in [1.54, 1.807) is 0 Å². The summed E-state index contributed by atoms with van der Waals surface area (Å²) in [7, 11) is 0. The molecule has 2 aromatic rings. The van der Waals surface area contributed by atoms with Gasteiger partial charge in [0.1, 0.15) is 5.69 Å². The smallest absolute Gasteiger partial charge is 0.240 e. The van der Waals surface area contributed by atoms with Crippen molar-refractivity contribution >= 4 is 5.95 Å². The molecule has 2 heterocycles. The highest BCUT2D eigenvalue weighted by Crippen LogP contribution is 2.33. The van der Waals surface area contributed by atoms with Crippen molar-refractivity contribution < 1.29 is 4.98 Å². The fourth-order valence-corrected chi connectivity index (χ4v) is 3.47. The molecule has 0 spiro atoms. The van der Waals surface area contributed by atoms with Crippen LogP contribution in [-0.4, -0.2) is 15.2 Å². The number of aromatic amines is 1. The molecule has 2 aromatic heterocycles. The average Bonchev–Trinajstić information content (AvgIpc) is 2.60. The number of pyridine rings is 1. The van der Waals surface area contributed by atoms with Crippen molar-refractivity contribution in [1.29, 1.82) is 0 Å². The number of aromatic nitrogens is 4. The van der Waals surface area contributed by atoms with E-state index in [1.165, 1.54) is 57.8 Å². The van der Waals surface area contributed by atoms with Crippen LogP contribution in [0, 0.1) is 0 Å². The van der Waals surface area contributed by atoms with E-state index >= 15 is 0 Å². The van der Waals surface area contributed by atoms with Crippen LogP contribution < -0.4 is 10.7 Å². The van der Waals surface area contributed by atoms with Gasteiger partial charge in [0.2, 0.25) is 5.95 Å². The van der Waals surface area contributed by atoms with E-state index in [0.29, 0.717) is 5.92 Å². The maximum absolute atomic E-state index is 5.85. The second kappa shape index (κ2) is 7.99. The standard InChI is InChI=1S/C18H25N5/c19-18-21-16(14-8-6-4-2-1-3-5-7-9-14)17(22-23-18)15-10-12-20-13-11-15/h10-14H,1-9H2,(H2,19,21,23)/p+1. The number of hydrogen-bond acceptors (Lipinski definition) is 4. The first-order valence-corrected chi connectivity index (χ1v) is 8.81. The summed E-state index contributed by atoms with van der Waals surface area (Å²) in [6, 6.07) is 4.04. The van der Waals surface area contributed by atoms with E-state index in [-0.39, 0.29) is 5.95 Å².